The third kappa shape index (κ3) is 4.46. The Labute approximate surface area is 138 Å². The molecule has 2 N–H and O–H groups in total. The normalized spacial score (nSPS) is 10.7. The van der Waals surface area contributed by atoms with Crippen molar-refractivity contribution >= 4 is 28.5 Å². The van der Waals surface area contributed by atoms with Crippen LogP contribution in [0.15, 0.2) is 42.5 Å². The number of hydrogen-bond acceptors (Lipinski definition) is 2. The molecule has 2 rings (SSSR count). The Hall–Kier alpha value is -1.56. The molecule has 0 spiro atoms. The fourth-order valence-electron chi connectivity index (χ4n) is 2.04. The summed E-state index contributed by atoms with van der Waals surface area (Å²) in [7, 11) is 0. The molecule has 0 aliphatic heterocycles. The van der Waals surface area contributed by atoms with Crippen molar-refractivity contribution in [3.8, 4) is 11.5 Å². The average Bonchev–Trinajstić information content (AvgIpc) is 2.42. The Balaban J connectivity index is 2.14. The lowest BCUT2D eigenvalue weighted by molar-refractivity contribution is 0.100. The van der Waals surface area contributed by atoms with Gasteiger partial charge in [0.1, 0.15) is 11.5 Å². The number of halogens is 1. The van der Waals surface area contributed by atoms with Crippen molar-refractivity contribution in [2.24, 2.45) is 11.7 Å². The number of carbonyl (C=O) groups is 1. The van der Waals surface area contributed by atoms with Gasteiger partial charge in [0.05, 0.1) is 3.57 Å². The molecule has 2 aromatic carbocycles. The van der Waals surface area contributed by atoms with E-state index in [2.05, 4.69) is 48.6 Å². The Morgan fingerprint density at radius 1 is 1.19 bits per heavy atom. The number of primary amides is 1. The predicted octanol–water partition coefficient (Wildman–Crippen LogP) is 4.38. The van der Waals surface area contributed by atoms with Gasteiger partial charge in [-0.3, -0.25) is 4.79 Å². The first-order chi connectivity index (χ1) is 9.95. The van der Waals surface area contributed by atoms with Gasteiger partial charge >= 0.3 is 0 Å². The van der Waals surface area contributed by atoms with Gasteiger partial charge in [0.2, 0.25) is 5.91 Å². The molecule has 0 atom stereocenters. The van der Waals surface area contributed by atoms with Crippen LogP contribution >= 0.6 is 22.6 Å². The second-order valence-electron chi connectivity index (χ2n) is 5.35. The van der Waals surface area contributed by atoms with Gasteiger partial charge in [-0.25, -0.2) is 0 Å². The maximum atomic E-state index is 11.0. The molecule has 0 aliphatic rings. The van der Waals surface area contributed by atoms with Gasteiger partial charge in [-0.15, -0.1) is 0 Å². The summed E-state index contributed by atoms with van der Waals surface area (Å²) in [5, 5.41) is 0. The van der Waals surface area contributed by atoms with Crippen LogP contribution in [-0.4, -0.2) is 5.91 Å². The summed E-state index contributed by atoms with van der Waals surface area (Å²) in [6.45, 7) is 4.41. The second-order valence-corrected chi connectivity index (χ2v) is 6.52. The van der Waals surface area contributed by atoms with E-state index in [9.17, 15) is 4.79 Å². The highest BCUT2D eigenvalue weighted by Gasteiger charge is 2.06. The van der Waals surface area contributed by atoms with Crippen LogP contribution in [0.5, 0.6) is 11.5 Å². The van der Waals surface area contributed by atoms with Crippen LogP contribution in [0.4, 0.5) is 0 Å². The third-order valence-corrected chi connectivity index (χ3v) is 3.85. The van der Waals surface area contributed by atoms with E-state index in [1.54, 1.807) is 24.3 Å². The zero-order valence-electron chi connectivity index (χ0n) is 12.1. The van der Waals surface area contributed by atoms with Crippen molar-refractivity contribution < 1.29 is 9.53 Å². The first-order valence-corrected chi connectivity index (χ1v) is 7.89. The minimum absolute atomic E-state index is 0.436. The van der Waals surface area contributed by atoms with Crippen LogP contribution in [0.3, 0.4) is 0 Å². The van der Waals surface area contributed by atoms with E-state index in [0.29, 0.717) is 17.2 Å². The lowest BCUT2D eigenvalue weighted by atomic mass is 10.0. The number of amides is 1. The highest BCUT2D eigenvalue weighted by atomic mass is 127. The highest BCUT2D eigenvalue weighted by Crippen LogP contribution is 2.28. The molecule has 1 amide bonds. The zero-order chi connectivity index (χ0) is 15.4. The number of rotatable bonds is 5. The molecule has 0 saturated heterocycles. The molecular formula is C17H18INO2. The SMILES string of the molecule is CC(C)Cc1ccc(Oc2ccc(C(N)=O)cc2)c(I)c1. The number of nitrogens with two attached hydrogens (primary N) is 1. The summed E-state index contributed by atoms with van der Waals surface area (Å²) in [4.78, 5) is 11.0. The molecule has 0 aliphatic carbocycles. The number of ether oxygens (including phenoxy) is 1. The van der Waals surface area contributed by atoms with Crippen molar-refractivity contribution in [1.82, 2.24) is 0 Å². The number of benzene rings is 2. The fraction of sp³-hybridized carbons (Fsp3) is 0.235. The van der Waals surface area contributed by atoms with Gasteiger partial charge in [0.25, 0.3) is 0 Å². The first-order valence-electron chi connectivity index (χ1n) is 6.82. The number of hydrogen-bond donors (Lipinski definition) is 1. The largest absolute Gasteiger partial charge is 0.456 e. The van der Waals surface area contributed by atoms with Crippen LogP contribution in [0, 0.1) is 9.49 Å². The number of carbonyl (C=O) groups excluding carboxylic acids is 1. The summed E-state index contributed by atoms with van der Waals surface area (Å²) in [6.07, 6.45) is 1.06. The second kappa shape index (κ2) is 6.93. The van der Waals surface area contributed by atoms with E-state index < -0.39 is 5.91 Å². The fourth-order valence-corrected chi connectivity index (χ4v) is 2.73. The van der Waals surface area contributed by atoms with E-state index in [-0.39, 0.29) is 0 Å². The third-order valence-electron chi connectivity index (χ3n) is 3.01. The minimum atomic E-state index is -0.436. The molecular weight excluding hydrogens is 377 g/mol. The lowest BCUT2D eigenvalue weighted by Gasteiger charge is -2.11. The van der Waals surface area contributed by atoms with E-state index >= 15 is 0 Å². The lowest BCUT2D eigenvalue weighted by Crippen LogP contribution is -2.10. The summed E-state index contributed by atoms with van der Waals surface area (Å²) in [5.74, 6) is 1.70. The van der Waals surface area contributed by atoms with Crippen LogP contribution in [0.25, 0.3) is 0 Å². The van der Waals surface area contributed by atoms with Crippen LogP contribution < -0.4 is 10.5 Å². The molecule has 0 fully saturated rings. The Kier molecular flexibility index (Phi) is 5.22. The summed E-state index contributed by atoms with van der Waals surface area (Å²) >= 11 is 2.28. The van der Waals surface area contributed by atoms with Gasteiger partial charge in [-0.05, 0) is 76.9 Å². The van der Waals surface area contributed by atoms with Gasteiger partial charge in [-0.1, -0.05) is 19.9 Å². The molecule has 0 aromatic heterocycles. The van der Waals surface area contributed by atoms with Gasteiger partial charge in [0.15, 0.2) is 0 Å². The molecule has 4 heteroatoms. The predicted molar refractivity (Wildman–Crippen MR) is 92.7 cm³/mol. The highest BCUT2D eigenvalue weighted by molar-refractivity contribution is 14.1. The van der Waals surface area contributed by atoms with Crippen molar-refractivity contribution in [2.75, 3.05) is 0 Å². The maximum Gasteiger partial charge on any atom is 0.248 e. The van der Waals surface area contributed by atoms with E-state index in [1.807, 2.05) is 6.07 Å². The molecule has 0 saturated carbocycles. The van der Waals surface area contributed by atoms with Gasteiger partial charge < -0.3 is 10.5 Å². The van der Waals surface area contributed by atoms with Crippen molar-refractivity contribution in [3.63, 3.8) is 0 Å². The molecule has 110 valence electrons. The maximum absolute atomic E-state index is 11.0. The smallest absolute Gasteiger partial charge is 0.248 e. The Morgan fingerprint density at radius 3 is 2.38 bits per heavy atom. The molecule has 0 radical (unpaired) electrons. The topological polar surface area (TPSA) is 52.3 Å². The van der Waals surface area contributed by atoms with Crippen molar-refractivity contribution in [2.45, 2.75) is 20.3 Å². The van der Waals surface area contributed by atoms with Crippen molar-refractivity contribution in [3.05, 3.63) is 57.2 Å². The van der Waals surface area contributed by atoms with Gasteiger partial charge in [-0.2, -0.15) is 0 Å². The quantitative estimate of drug-likeness (QED) is 0.764. The standard InChI is InChI=1S/C17H18INO2/c1-11(2)9-12-3-8-16(15(18)10-12)21-14-6-4-13(5-7-14)17(19)20/h3-8,10-11H,9H2,1-2H3,(H2,19,20). The Bertz CT molecular complexity index is 636. The van der Waals surface area contributed by atoms with Crippen molar-refractivity contribution in [1.29, 1.82) is 0 Å². The van der Waals surface area contributed by atoms with E-state index in [1.165, 1.54) is 5.56 Å². The molecule has 0 unspecified atom stereocenters. The zero-order valence-corrected chi connectivity index (χ0v) is 14.3. The molecule has 0 heterocycles. The van der Waals surface area contributed by atoms with E-state index in [0.717, 1.165) is 15.7 Å². The Morgan fingerprint density at radius 2 is 1.86 bits per heavy atom. The summed E-state index contributed by atoms with van der Waals surface area (Å²) < 4.78 is 6.92. The van der Waals surface area contributed by atoms with Crippen LogP contribution in [0.2, 0.25) is 0 Å². The minimum Gasteiger partial charge on any atom is -0.456 e. The molecule has 21 heavy (non-hydrogen) atoms. The molecule has 0 bridgehead atoms. The van der Waals surface area contributed by atoms with Crippen LogP contribution in [-0.2, 0) is 6.42 Å². The van der Waals surface area contributed by atoms with Crippen LogP contribution in [0.1, 0.15) is 29.8 Å². The summed E-state index contributed by atoms with van der Waals surface area (Å²) in [6, 6.07) is 13.1. The van der Waals surface area contributed by atoms with E-state index in [4.69, 9.17) is 10.5 Å². The monoisotopic (exact) mass is 395 g/mol. The summed E-state index contributed by atoms with van der Waals surface area (Å²) in [5.41, 5.74) is 7.00. The van der Waals surface area contributed by atoms with Gasteiger partial charge in [0, 0.05) is 5.56 Å². The molecule has 2 aromatic rings. The average molecular weight is 395 g/mol. The first kappa shape index (κ1) is 15.8. The molecule has 3 nitrogen and oxygen atoms in total.